The lowest BCUT2D eigenvalue weighted by Crippen LogP contribution is -2.40. The molecule has 26 heavy (non-hydrogen) atoms. The van der Waals surface area contributed by atoms with Crippen molar-refractivity contribution in [1.29, 1.82) is 0 Å². The Kier molecular flexibility index (Phi) is 4.92. The van der Waals surface area contributed by atoms with Crippen LogP contribution in [0.4, 0.5) is 38.1 Å². The third kappa shape index (κ3) is 3.68. The lowest BCUT2D eigenvalue weighted by atomic mass is 10.2. The average Bonchev–Trinajstić information content (AvgIpc) is 3.03. The Morgan fingerprint density at radius 2 is 1.65 bits per heavy atom. The molecule has 0 spiro atoms. The number of pyridine rings is 1. The fourth-order valence-corrected chi connectivity index (χ4v) is 2.72. The van der Waals surface area contributed by atoms with E-state index >= 15 is 0 Å². The maximum Gasteiger partial charge on any atom is 0.319 e. The molecular weight excluding hydrogens is 359 g/mol. The Morgan fingerprint density at radius 1 is 1.04 bits per heavy atom. The van der Waals surface area contributed by atoms with Crippen molar-refractivity contribution in [3.8, 4) is 0 Å². The van der Waals surface area contributed by atoms with Gasteiger partial charge in [-0.15, -0.1) is 0 Å². The topological polar surface area (TPSA) is 57.3 Å². The molecular formula is C16H13F5N4O. The first kappa shape index (κ1) is 17.9. The molecule has 3 rings (SSSR count). The van der Waals surface area contributed by atoms with Gasteiger partial charge in [0.1, 0.15) is 11.5 Å². The molecule has 10 heteroatoms. The summed E-state index contributed by atoms with van der Waals surface area (Å²) in [7, 11) is 0. The van der Waals surface area contributed by atoms with E-state index < -0.39 is 47.1 Å². The standard InChI is InChI=1S/C16H13F5N4O/c17-8-1-3-9(4-2-8)22-16(26)23-10-5-6-25(7-10)13-11(18)14(20)24-15(21)12(13)19/h1-4,10H,5-7H2,(H2,22,23,26). The summed E-state index contributed by atoms with van der Waals surface area (Å²) in [6, 6.07) is 3.97. The molecule has 2 aromatic rings. The molecule has 2 amide bonds. The van der Waals surface area contributed by atoms with Gasteiger partial charge in [0.2, 0.25) is 11.6 Å². The van der Waals surface area contributed by atoms with Gasteiger partial charge in [0, 0.05) is 24.8 Å². The number of halogens is 5. The molecule has 5 nitrogen and oxygen atoms in total. The lowest BCUT2D eigenvalue weighted by molar-refractivity contribution is 0.249. The van der Waals surface area contributed by atoms with Crippen LogP contribution in [0.3, 0.4) is 0 Å². The first-order valence-corrected chi connectivity index (χ1v) is 7.63. The van der Waals surface area contributed by atoms with Gasteiger partial charge in [-0.3, -0.25) is 0 Å². The van der Waals surface area contributed by atoms with Crippen LogP contribution in [-0.2, 0) is 0 Å². The van der Waals surface area contributed by atoms with Crippen LogP contribution in [0, 0.1) is 29.3 Å². The average molecular weight is 372 g/mol. The fraction of sp³-hybridized carbons (Fsp3) is 0.250. The van der Waals surface area contributed by atoms with E-state index in [0.29, 0.717) is 12.1 Å². The zero-order valence-corrected chi connectivity index (χ0v) is 13.2. The van der Waals surface area contributed by atoms with Crippen molar-refractivity contribution < 1.29 is 26.7 Å². The summed E-state index contributed by atoms with van der Waals surface area (Å²) in [6.07, 6.45) is 0.307. The summed E-state index contributed by atoms with van der Waals surface area (Å²) in [5.74, 6) is -7.09. The van der Waals surface area contributed by atoms with E-state index in [9.17, 15) is 26.7 Å². The number of amides is 2. The van der Waals surface area contributed by atoms with Gasteiger partial charge in [-0.25, -0.2) is 9.18 Å². The highest BCUT2D eigenvalue weighted by atomic mass is 19.2. The first-order valence-electron chi connectivity index (χ1n) is 7.63. The second-order valence-corrected chi connectivity index (χ2v) is 5.71. The summed E-state index contributed by atoms with van der Waals surface area (Å²) in [5, 5.41) is 5.05. The second-order valence-electron chi connectivity index (χ2n) is 5.71. The number of carbonyl (C=O) groups is 1. The Labute approximate surface area is 144 Å². The Balaban J connectivity index is 1.64. The van der Waals surface area contributed by atoms with Crippen molar-refractivity contribution in [3.63, 3.8) is 0 Å². The largest absolute Gasteiger partial charge is 0.364 e. The molecule has 1 fully saturated rings. The van der Waals surface area contributed by atoms with Gasteiger partial charge in [0.15, 0.2) is 0 Å². The van der Waals surface area contributed by atoms with Crippen LogP contribution in [0.15, 0.2) is 24.3 Å². The third-order valence-corrected chi connectivity index (χ3v) is 3.92. The zero-order chi connectivity index (χ0) is 18.8. The molecule has 1 atom stereocenters. The van der Waals surface area contributed by atoms with E-state index in [4.69, 9.17) is 0 Å². The highest BCUT2D eigenvalue weighted by molar-refractivity contribution is 5.89. The van der Waals surface area contributed by atoms with Crippen LogP contribution in [0.5, 0.6) is 0 Å². The lowest BCUT2D eigenvalue weighted by Gasteiger charge is -2.20. The Bertz CT molecular complexity index is 804. The van der Waals surface area contributed by atoms with Crippen LogP contribution in [-0.4, -0.2) is 30.1 Å². The van der Waals surface area contributed by atoms with Crippen LogP contribution < -0.4 is 15.5 Å². The van der Waals surface area contributed by atoms with E-state index in [1.54, 1.807) is 0 Å². The molecule has 138 valence electrons. The minimum atomic E-state index is -1.73. The Morgan fingerprint density at radius 3 is 2.27 bits per heavy atom. The smallest absolute Gasteiger partial charge is 0.319 e. The van der Waals surface area contributed by atoms with E-state index in [0.717, 1.165) is 4.90 Å². The van der Waals surface area contributed by atoms with Crippen molar-refractivity contribution in [2.24, 2.45) is 0 Å². The predicted molar refractivity (Wildman–Crippen MR) is 83.2 cm³/mol. The van der Waals surface area contributed by atoms with E-state index in [1.165, 1.54) is 24.3 Å². The first-order chi connectivity index (χ1) is 12.3. The maximum atomic E-state index is 13.8. The van der Waals surface area contributed by atoms with Crippen LogP contribution >= 0.6 is 0 Å². The molecule has 1 aromatic carbocycles. The van der Waals surface area contributed by atoms with Crippen LogP contribution in [0.1, 0.15) is 6.42 Å². The summed E-state index contributed by atoms with van der Waals surface area (Å²) in [6.45, 7) is 0.0335. The summed E-state index contributed by atoms with van der Waals surface area (Å²) >= 11 is 0. The van der Waals surface area contributed by atoms with E-state index in [-0.39, 0.29) is 13.1 Å². The minimum absolute atomic E-state index is 0.0480. The molecule has 2 heterocycles. The number of carbonyl (C=O) groups excluding carboxylic acids is 1. The number of hydrogen-bond donors (Lipinski definition) is 2. The van der Waals surface area contributed by atoms with Crippen LogP contribution in [0.25, 0.3) is 0 Å². The van der Waals surface area contributed by atoms with Crippen molar-refractivity contribution in [1.82, 2.24) is 10.3 Å². The molecule has 1 aliphatic rings. The van der Waals surface area contributed by atoms with Crippen molar-refractivity contribution in [2.45, 2.75) is 12.5 Å². The fourth-order valence-electron chi connectivity index (χ4n) is 2.72. The summed E-state index contributed by atoms with van der Waals surface area (Å²) < 4.78 is 66.9. The third-order valence-electron chi connectivity index (χ3n) is 3.92. The number of rotatable bonds is 3. The van der Waals surface area contributed by atoms with Gasteiger partial charge in [0.25, 0.3) is 11.9 Å². The summed E-state index contributed by atoms with van der Waals surface area (Å²) in [5.41, 5.74) is -0.493. The number of hydrogen-bond acceptors (Lipinski definition) is 3. The molecule has 1 saturated heterocycles. The molecule has 0 aliphatic carbocycles. The van der Waals surface area contributed by atoms with Crippen molar-refractivity contribution >= 4 is 17.4 Å². The number of benzene rings is 1. The van der Waals surface area contributed by atoms with Gasteiger partial charge in [-0.2, -0.15) is 22.5 Å². The molecule has 1 aliphatic heterocycles. The predicted octanol–water partition coefficient (Wildman–Crippen LogP) is 3.18. The maximum absolute atomic E-state index is 13.8. The number of nitrogens with one attached hydrogen (secondary N) is 2. The molecule has 0 saturated carbocycles. The minimum Gasteiger partial charge on any atom is -0.364 e. The molecule has 1 unspecified atom stereocenters. The van der Waals surface area contributed by atoms with Crippen LogP contribution in [0.2, 0.25) is 0 Å². The highest BCUT2D eigenvalue weighted by Crippen LogP contribution is 2.29. The highest BCUT2D eigenvalue weighted by Gasteiger charge is 2.31. The molecule has 0 bridgehead atoms. The van der Waals surface area contributed by atoms with Gasteiger partial charge in [0.05, 0.1) is 0 Å². The second kappa shape index (κ2) is 7.14. The molecule has 2 N–H and O–H groups in total. The summed E-state index contributed by atoms with van der Waals surface area (Å²) in [4.78, 5) is 15.5. The number of nitrogens with zero attached hydrogens (tertiary/aromatic N) is 2. The van der Waals surface area contributed by atoms with Crippen molar-refractivity contribution in [2.75, 3.05) is 23.3 Å². The number of anilines is 2. The number of aromatic nitrogens is 1. The van der Waals surface area contributed by atoms with Gasteiger partial charge < -0.3 is 15.5 Å². The Hall–Kier alpha value is -2.91. The van der Waals surface area contributed by atoms with Gasteiger partial charge in [-0.05, 0) is 30.7 Å². The zero-order valence-electron chi connectivity index (χ0n) is 13.2. The van der Waals surface area contributed by atoms with Crippen molar-refractivity contribution in [3.05, 3.63) is 53.6 Å². The SMILES string of the molecule is O=C(Nc1ccc(F)cc1)NC1CCN(c2c(F)c(F)nc(F)c2F)C1. The van der Waals surface area contributed by atoms with E-state index in [1.807, 2.05) is 0 Å². The van der Waals surface area contributed by atoms with E-state index in [2.05, 4.69) is 15.6 Å². The monoisotopic (exact) mass is 372 g/mol. The van der Waals surface area contributed by atoms with Gasteiger partial charge in [-0.1, -0.05) is 0 Å². The quantitative estimate of drug-likeness (QED) is 0.643. The molecule has 0 radical (unpaired) electrons. The number of urea groups is 1. The molecule has 1 aromatic heterocycles. The van der Waals surface area contributed by atoms with Gasteiger partial charge >= 0.3 is 6.03 Å². The normalized spacial score (nSPS) is 16.7.